The number of aromatic nitrogens is 2. The molecule has 0 amide bonds. The van der Waals surface area contributed by atoms with E-state index in [1.165, 1.54) is 25.3 Å². The topological polar surface area (TPSA) is 81.2 Å². The molecule has 0 bridgehead atoms. The third kappa shape index (κ3) is 4.05. The van der Waals surface area contributed by atoms with Gasteiger partial charge in [0, 0.05) is 11.4 Å². The third-order valence-corrected chi connectivity index (χ3v) is 4.68. The minimum absolute atomic E-state index is 0.0780. The maximum atomic E-state index is 12.2. The maximum absolute atomic E-state index is 12.2. The van der Waals surface area contributed by atoms with Gasteiger partial charge in [0.05, 0.1) is 12.0 Å². The molecule has 6 nitrogen and oxygen atoms in total. The van der Waals surface area contributed by atoms with Crippen molar-refractivity contribution in [2.24, 2.45) is 0 Å². The Hall–Kier alpha value is -1.38. The van der Waals surface area contributed by atoms with Crippen LogP contribution in [0, 0.1) is 0 Å². The van der Waals surface area contributed by atoms with Crippen molar-refractivity contribution in [1.29, 1.82) is 0 Å². The Morgan fingerprint density at radius 3 is 2.52 bits per heavy atom. The van der Waals surface area contributed by atoms with Crippen LogP contribution in [-0.4, -0.2) is 25.5 Å². The molecule has 0 atom stereocenters. The Morgan fingerprint density at radius 2 is 1.95 bits per heavy atom. The van der Waals surface area contributed by atoms with Gasteiger partial charge >= 0.3 is 0 Å². The zero-order valence-corrected chi connectivity index (χ0v) is 14.0. The van der Waals surface area contributed by atoms with Crippen LogP contribution in [0.1, 0.15) is 5.56 Å². The van der Waals surface area contributed by atoms with Crippen LogP contribution in [0.15, 0.2) is 35.2 Å². The van der Waals surface area contributed by atoms with Gasteiger partial charge in [-0.25, -0.2) is 18.1 Å². The van der Waals surface area contributed by atoms with Gasteiger partial charge in [-0.3, -0.25) is 0 Å². The molecule has 0 radical (unpaired) electrons. The number of ether oxygens (including phenoxy) is 1. The molecular formula is C12H11BrClN3O3S. The third-order valence-electron chi connectivity index (χ3n) is 2.49. The first-order valence-electron chi connectivity index (χ1n) is 5.71. The summed E-state index contributed by atoms with van der Waals surface area (Å²) in [6.45, 7) is 0. The Kier molecular flexibility index (Phi) is 5.02. The van der Waals surface area contributed by atoms with Gasteiger partial charge in [0.15, 0.2) is 0 Å². The van der Waals surface area contributed by atoms with E-state index < -0.39 is 10.0 Å². The fraction of sp³-hybridized carbons (Fsp3) is 0.167. The van der Waals surface area contributed by atoms with Crippen molar-refractivity contribution in [1.82, 2.24) is 9.97 Å². The van der Waals surface area contributed by atoms with Gasteiger partial charge in [0.2, 0.25) is 11.8 Å². The van der Waals surface area contributed by atoms with E-state index in [9.17, 15) is 8.42 Å². The first-order valence-corrected chi connectivity index (χ1v) is 8.69. The van der Waals surface area contributed by atoms with E-state index in [4.69, 9.17) is 16.3 Å². The highest BCUT2D eigenvalue weighted by Crippen LogP contribution is 2.19. The summed E-state index contributed by atoms with van der Waals surface area (Å²) < 4.78 is 31.6. The number of anilines is 1. The second-order valence-electron chi connectivity index (χ2n) is 3.94. The van der Waals surface area contributed by atoms with Gasteiger partial charge in [-0.2, -0.15) is 4.98 Å². The van der Waals surface area contributed by atoms with Crippen LogP contribution in [-0.2, 0) is 15.4 Å². The molecule has 9 heteroatoms. The van der Waals surface area contributed by atoms with Crippen LogP contribution in [0.25, 0.3) is 0 Å². The highest BCUT2D eigenvalue weighted by Gasteiger charge is 2.16. The lowest BCUT2D eigenvalue weighted by molar-refractivity contribution is 0.397. The number of nitrogens with one attached hydrogen (secondary N) is 1. The Labute approximate surface area is 135 Å². The number of alkyl halides is 1. The summed E-state index contributed by atoms with van der Waals surface area (Å²) in [5.41, 5.74) is 0.967. The summed E-state index contributed by atoms with van der Waals surface area (Å²) in [4.78, 5) is 7.79. The van der Waals surface area contributed by atoms with Crippen molar-refractivity contribution in [3.63, 3.8) is 0 Å². The van der Waals surface area contributed by atoms with E-state index in [1.807, 2.05) is 0 Å². The molecule has 1 heterocycles. The summed E-state index contributed by atoms with van der Waals surface area (Å²) in [5, 5.41) is 0.726. The summed E-state index contributed by atoms with van der Waals surface area (Å²) in [6, 6.07) is 7.80. The second kappa shape index (κ2) is 6.59. The molecule has 0 aliphatic rings. The van der Waals surface area contributed by atoms with Crippen molar-refractivity contribution in [3.8, 4) is 5.88 Å². The van der Waals surface area contributed by atoms with Gasteiger partial charge in [-0.05, 0) is 17.7 Å². The smallest absolute Gasteiger partial charge is 0.264 e. The van der Waals surface area contributed by atoms with Crippen molar-refractivity contribution in [3.05, 3.63) is 41.0 Å². The molecule has 0 saturated carbocycles. The summed E-state index contributed by atoms with van der Waals surface area (Å²) in [5.74, 6) is 0.0197. The minimum atomic E-state index is -3.78. The molecule has 1 aromatic heterocycles. The predicted octanol–water partition coefficient (Wildman–Crippen LogP) is 2.83. The van der Waals surface area contributed by atoms with E-state index >= 15 is 0 Å². The van der Waals surface area contributed by atoms with E-state index in [-0.39, 0.29) is 21.9 Å². The molecule has 0 spiro atoms. The lowest BCUT2D eigenvalue weighted by atomic mass is 10.2. The highest BCUT2D eigenvalue weighted by molar-refractivity contribution is 9.08. The number of halogens is 2. The largest absolute Gasteiger partial charge is 0.481 e. The quantitative estimate of drug-likeness (QED) is 0.625. The SMILES string of the molecule is COc1cc(Cl)nc(NS(=O)(=O)c2ccc(CBr)cc2)n1. The van der Waals surface area contributed by atoms with Crippen molar-refractivity contribution >= 4 is 43.5 Å². The van der Waals surface area contributed by atoms with Crippen molar-refractivity contribution in [2.45, 2.75) is 10.2 Å². The molecule has 0 saturated heterocycles. The molecule has 0 unspecified atom stereocenters. The molecule has 112 valence electrons. The molecule has 1 aromatic carbocycles. The Balaban J connectivity index is 2.30. The maximum Gasteiger partial charge on any atom is 0.264 e. The molecule has 1 N–H and O–H groups in total. The monoisotopic (exact) mass is 391 g/mol. The number of sulfonamides is 1. The van der Waals surface area contributed by atoms with Crippen LogP contribution in [0.2, 0.25) is 5.15 Å². The van der Waals surface area contributed by atoms with Crippen LogP contribution >= 0.6 is 27.5 Å². The van der Waals surface area contributed by atoms with Gasteiger partial charge in [-0.15, -0.1) is 0 Å². The number of nitrogens with zero attached hydrogens (tertiary/aromatic N) is 2. The average Bonchev–Trinajstić information content (AvgIpc) is 2.46. The fourth-order valence-electron chi connectivity index (χ4n) is 1.48. The van der Waals surface area contributed by atoms with E-state index in [1.54, 1.807) is 12.1 Å². The number of benzene rings is 1. The normalized spacial score (nSPS) is 11.2. The van der Waals surface area contributed by atoms with Crippen LogP contribution < -0.4 is 9.46 Å². The number of hydrogen-bond donors (Lipinski definition) is 1. The molecule has 2 rings (SSSR count). The zero-order chi connectivity index (χ0) is 15.5. The molecule has 0 fully saturated rings. The molecule has 2 aromatic rings. The zero-order valence-electron chi connectivity index (χ0n) is 10.9. The average molecular weight is 393 g/mol. The first-order chi connectivity index (χ1) is 9.94. The number of hydrogen-bond acceptors (Lipinski definition) is 5. The van der Waals surface area contributed by atoms with Crippen molar-refractivity contribution < 1.29 is 13.2 Å². The second-order valence-corrected chi connectivity index (χ2v) is 6.57. The lowest BCUT2D eigenvalue weighted by Gasteiger charge is -2.08. The minimum Gasteiger partial charge on any atom is -0.481 e. The van der Waals surface area contributed by atoms with Gasteiger partial charge in [0.25, 0.3) is 10.0 Å². The summed E-state index contributed by atoms with van der Waals surface area (Å²) in [7, 11) is -2.39. The number of rotatable bonds is 5. The van der Waals surface area contributed by atoms with Crippen LogP contribution in [0.3, 0.4) is 0 Å². The Bertz CT molecular complexity index is 738. The highest BCUT2D eigenvalue weighted by atomic mass is 79.9. The van der Waals surface area contributed by atoms with E-state index in [0.29, 0.717) is 5.33 Å². The van der Waals surface area contributed by atoms with Crippen LogP contribution in [0.5, 0.6) is 5.88 Å². The van der Waals surface area contributed by atoms with Gasteiger partial charge in [0.1, 0.15) is 5.15 Å². The van der Waals surface area contributed by atoms with Gasteiger partial charge in [-0.1, -0.05) is 39.7 Å². The Morgan fingerprint density at radius 1 is 1.29 bits per heavy atom. The first kappa shape index (κ1) is 16.0. The van der Waals surface area contributed by atoms with E-state index in [0.717, 1.165) is 5.56 Å². The predicted molar refractivity (Wildman–Crippen MR) is 83.5 cm³/mol. The fourth-order valence-corrected chi connectivity index (χ4v) is 2.98. The molecule has 21 heavy (non-hydrogen) atoms. The van der Waals surface area contributed by atoms with E-state index in [2.05, 4.69) is 30.6 Å². The summed E-state index contributed by atoms with van der Waals surface area (Å²) in [6.07, 6.45) is 0. The number of methoxy groups -OCH3 is 1. The lowest BCUT2D eigenvalue weighted by Crippen LogP contribution is -2.15. The van der Waals surface area contributed by atoms with Crippen LogP contribution in [0.4, 0.5) is 5.95 Å². The molecule has 0 aliphatic heterocycles. The standard InChI is InChI=1S/C12H11BrClN3O3S/c1-20-11-6-10(14)15-12(16-11)17-21(18,19)9-4-2-8(7-13)3-5-9/h2-6H,7H2,1H3,(H,15,16,17). The molecule has 0 aliphatic carbocycles. The summed E-state index contributed by atoms with van der Waals surface area (Å²) >= 11 is 9.07. The van der Waals surface area contributed by atoms with Gasteiger partial charge < -0.3 is 4.74 Å². The van der Waals surface area contributed by atoms with Crippen molar-refractivity contribution in [2.75, 3.05) is 11.8 Å². The molecular weight excluding hydrogens is 382 g/mol.